The third kappa shape index (κ3) is 4.81. The molecular weight excluding hydrogens is 294 g/mol. The van der Waals surface area contributed by atoms with Crippen molar-refractivity contribution >= 4 is 5.91 Å². The van der Waals surface area contributed by atoms with E-state index >= 15 is 0 Å². The van der Waals surface area contributed by atoms with Gasteiger partial charge in [0.1, 0.15) is 12.4 Å². The van der Waals surface area contributed by atoms with Crippen LogP contribution in [0.1, 0.15) is 39.5 Å². The first-order chi connectivity index (χ1) is 11.0. The van der Waals surface area contributed by atoms with Gasteiger partial charge in [-0.3, -0.25) is 4.79 Å². The molecule has 124 valence electrons. The summed E-state index contributed by atoms with van der Waals surface area (Å²) < 4.78 is 11.2. The molecule has 23 heavy (non-hydrogen) atoms. The van der Waals surface area contributed by atoms with Gasteiger partial charge in [0.25, 0.3) is 0 Å². The van der Waals surface area contributed by atoms with E-state index in [2.05, 4.69) is 15.5 Å². The molecule has 1 aromatic carbocycles. The Kier molecular flexibility index (Phi) is 5.73. The molecular formula is C17H23N3O3. The largest absolute Gasteiger partial charge is 0.492 e. The summed E-state index contributed by atoms with van der Waals surface area (Å²) in [4.78, 5) is 11.4. The van der Waals surface area contributed by atoms with Crippen molar-refractivity contribution in [3.63, 3.8) is 0 Å². The second-order valence-corrected chi connectivity index (χ2v) is 5.92. The number of amides is 1. The van der Waals surface area contributed by atoms with E-state index in [0.29, 0.717) is 24.9 Å². The van der Waals surface area contributed by atoms with Crippen LogP contribution in [0.5, 0.6) is 5.75 Å². The van der Waals surface area contributed by atoms with E-state index in [1.165, 1.54) is 0 Å². The van der Waals surface area contributed by atoms with Crippen molar-refractivity contribution in [2.24, 2.45) is 5.92 Å². The van der Waals surface area contributed by atoms with E-state index < -0.39 is 0 Å². The first-order valence-corrected chi connectivity index (χ1v) is 7.81. The van der Waals surface area contributed by atoms with Crippen LogP contribution in [-0.4, -0.2) is 29.3 Å². The summed E-state index contributed by atoms with van der Waals surface area (Å²) in [5, 5.41) is 10.9. The highest BCUT2D eigenvalue weighted by molar-refractivity contribution is 5.77. The standard InChI is InChI=1S/C17H23N3O3/c1-11(2)15(21)18-9-10-22-14-7-5-13(6-8-14)17-20-19-16(23-17)12(3)4/h5-8,11-12H,9-10H2,1-4H3,(H,18,21). The third-order valence-electron chi connectivity index (χ3n) is 3.23. The molecule has 1 heterocycles. The summed E-state index contributed by atoms with van der Waals surface area (Å²) in [6.45, 7) is 8.64. The number of rotatable bonds is 7. The highest BCUT2D eigenvalue weighted by Crippen LogP contribution is 2.23. The first kappa shape index (κ1) is 17.0. The second kappa shape index (κ2) is 7.76. The average Bonchev–Trinajstić information content (AvgIpc) is 3.02. The molecule has 0 fully saturated rings. The maximum Gasteiger partial charge on any atom is 0.247 e. The first-order valence-electron chi connectivity index (χ1n) is 7.81. The van der Waals surface area contributed by atoms with Gasteiger partial charge in [0.2, 0.25) is 17.7 Å². The second-order valence-electron chi connectivity index (χ2n) is 5.92. The molecule has 6 heteroatoms. The Hall–Kier alpha value is -2.37. The van der Waals surface area contributed by atoms with Crippen molar-refractivity contribution in [1.82, 2.24) is 15.5 Å². The van der Waals surface area contributed by atoms with Gasteiger partial charge in [0.05, 0.1) is 6.54 Å². The van der Waals surface area contributed by atoms with Gasteiger partial charge < -0.3 is 14.5 Å². The van der Waals surface area contributed by atoms with Crippen LogP contribution in [0, 0.1) is 5.92 Å². The minimum Gasteiger partial charge on any atom is -0.492 e. The Morgan fingerprint density at radius 2 is 1.87 bits per heavy atom. The van der Waals surface area contributed by atoms with Crippen LogP contribution in [0.4, 0.5) is 0 Å². The molecule has 0 aliphatic carbocycles. The Bertz CT molecular complexity index is 633. The zero-order valence-corrected chi connectivity index (χ0v) is 14.0. The lowest BCUT2D eigenvalue weighted by Gasteiger charge is -2.09. The fraction of sp³-hybridized carbons (Fsp3) is 0.471. The number of hydrogen-bond donors (Lipinski definition) is 1. The molecule has 1 aromatic heterocycles. The molecule has 0 saturated heterocycles. The smallest absolute Gasteiger partial charge is 0.247 e. The number of ether oxygens (including phenoxy) is 1. The number of hydrogen-bond acceptors (Lipinski definition) is 5. The number of nitrogens with one attached hydrogen (secondary N) is 1. The zero-order valence-electron chi connectivity index (χ0n) is 14.0. The van der Waals surface area contributed by atoms with Crippen LogP contribution in [-0.2, 0) is 4.79 Å². The van der Waals surface area contributed by atoms with Gasteiger partial charge in [-0.25, -0.2) is 0 Å². The van der Waals surface area contributed by atoms with E-state index in [4.69, 9.17) is 9.15 Å². The van der Waals surface area contributed by atoms with Crippen molar-refractivity contribution < 1.29 is 13.9 Å². The lowest BCUT2D eigenvalue weighted by atomic mass is 10.2. The lowest BCUT2D eigenvalue weighted by Crippen LogP contribution is -2.31. The summed E-state index contributed by atoms with van der Waals surface area (Å²) >= 11 is 0. The van der Waals surface area contributed by atoms with Crippen LogP contribution < -0.4 is 10.1 Å². The molecule has 2 rings (SSSR count). The van der Waals surface area contributed by atoms with Crippen molar-refractivity contribution in [2.45, 2.75) is 33.6 Å². The van der Waals surface area contributed by atoms with Gasteiger partial charge >= 0.3 is 0 Å². The minimum atomic E-state index is -0.0144. The molecule has 0 unspecified atom stereocenters. The van der Waals surface area contributed by atoms with Gasteiger partial charge in [-0.05, 0) is 24.3 Å². The highest BCUT2D eigenvalue weighted by Gasteiger charge is 2.11. The number of nitrogens with zero attached hydrogens (tertiary/aromatic N) is 2. The quantitative estimate of drug-likeness (QED) is 0.794. The molecule has 1 amide bonds. The fourth-order valence-corrected chi connectivity index (χ4v) is 1.83. The molecule has 0 atom stereocenters. The molecule has 2 aromatic rings. The summed E-state index contributed by atoms with van der Waals surface area (Å²) in [5.74, 6) is 2.09. The molecule has 0 aliphatic rings. The summed E-state index contributed by atoms with van der Waals surface area (Å²) in [6, 6.07) is 7.44. The Morgan fingerprint density at radius 1 is 1.17 bits per heavy atom. The SMILES string of the molecule is CC(C)C(=O)NCCOc1ccc(-c2nnc(C(C)C)o2)cc1. The Morgan fingerprint density at radius 3 is 2.43 bits per heavy atom. The summed E-state index contributed by atoms with van der Waals surface area (Å²) in [5.41, 5.74) is 0.852. The Balaban J connectivity index is 1.85. The maximum atomic E-state index is 11.4. The van der Waals surface area contributed by atoms with Crippen LogP contribution in [0.2, 0.25) is 0 Å². The van der Waals surface area contributed by atoms with Crippen molar-refractivity contribution in [3.8, 4) is 17.2 Å². The van der Waals surface area contributed by atoms with E-state index in [1.54, 1.807) is 0 Å². The number of benzene rings is 1. The van der Waals surface area contributed by atoms with Gasteiger partial charge in [-0.1, -0.05) is 27.7 Å². The molecule has 0 saturated carbocycles. The predicted molar refractivity (Wildman–Crippen MR) is 87.2 cm³/mol. The third-order valence-corrected chi connectivity index (χ3v) is 3.23. The fourth-order valence-electron chi connectivity index (χ4n) is 1.83. The lowest BCUT2D eigenvalue weighted by molar-refractivity contribution is -0.124. The van der Waals surface area contributed by atoms with Crippen LogP contribution >= 0.6 is 0 Å². The zero-order chi connectivity index (χ0) is 16.8. The summed E-state index contributed by atoms with van der Waals surface area (Å²) in [7, 11) is 0. The van der Waals surface area contributed by atoms with E-state index in [9.17, 15) is 4.79 Å². The van der Waals surface area contributed by atoms with E-state index in [1.807, 2.05) is 52.0 Å². The summed E-state index contributed by atoms with van der Waals surface area (Å²) in [6.07, 6.45) is 0. The van der Waals surface area contributed by atoms with Gasteiger partial charge in [0.15, 0.2) is 0 Å². The molecule has 6 nitrogen and oxygen atoms in total. The van der Waals surface area contributed by atoms with Crippen LogP contribution in [0.3, 0.4) is 0 Å². The molecule has 0 spiro atoms. The van der Waals surface area contributed by atoms with Gasteiger partial charge in [0, 0.05) is 17.4 Å². The number of carbonyl (C=O) groups is 1. The number of carbonyl (C=O) groups excluding carboxylic acids is 1. The van der Waals surface area contributed by atoms with E-state index in [0.717, 1.165) is 11.3 Å². The minimum absolute atomic E-state index is 0.0144. The Labute approximate surface area is 136 Å². The number of aromatic nitrogens is 2. The highest BCUT2D eigenvalue weighted by atomic mass is 16.5. The van der Waals surface area contributed by atoms with Gasteiger partial charge in [-0.2, -0.15) is 0 Å². The topological polar surface area (TPSA) is 77.2 Å². The van der Waals surface area contributed by atoms with Gasteiger partial charge in [-0.15, -0.1) is 10.2 Å². The van der Waals surface area contributed by atoms with Crippen molar-refractivity contribution in [2.75, 3.05) is 13.2 Å². The molecule has 0 bridgehead atoms. The van der Waals surface area contributed by atoms with E-state index in [-0.39, 0.29) is 17.7 Å². The predicted octanol–water partition coefficient (Wildman–Crippen LogP) is 3.01. The molecule has 0 radical (unpaired) electrons. The maximum absolute atomic E-state index is 11.4. The van der Waals surface area contributed by atoms with Crippen molar-refractivity contribution in [3.05, 3.63) is 30.2 Å². The molecule has 0 aliphatic heterocycles. The van der Waals surface area contributed by atoms with Crippen molar-refractivity contribution in [1.29, 1.82) is 0 Å². The normalized spacial score (nSPS) is 11.0. The van der Waals surface area contributed by atoms with Crippen LogP contribution in [0.15, 0.2) is 28.7 Å². The van der Waals surface area contributed by atoms with Crippen LogP contribution in [0.25, 0.3) is 11.5 Å². The monoisotopic (exact) mass is 317 g/mol. The molecule has 1 N–H and O–H groups in total. The average molecular weight is 317 g/mol.